The lowest BCUT2D eigenvalue weighted by molar-refractivity contribution is 0.997. The van der Waals surface area contributed by atoms with E-state index in [0.29, 0.717) is 0 Å². The molecule has 1 aliphatic rings. The molecule has 100 valence electrons. The molecule has 0 aromatic heterocycles. The summed E-state index contributed by atoms with van der Waals surface area (Å²) in [4.78, 5) is 0. The first-order valence-corrected chi connectivity index (χ1v) is 6.59. The van der Waals surface area contributed by atoms with Gasteiger partial charge in [0, 0.05) is 0 Å². The molecule has 1 aromatic rings. The molecule has 0 spiro atoms. The van der Waals surface area contributed by atoms with Crippen molar-refractivity contribution in [3.05, 3.63) is 71.8 Å². The third kappa shape index (κ3) is 6.41. The van der Waals surface area contributed by atoms with Crippen LogP contribution in [-0.4, -0.2) is 5.84 Å². The van der Waals surface area contributed by atoms with Crippen LogP contribution in [0.5, 0.6) is 0 Å². The number of amidine groups is 1. The van der Waals surface area contributed by atoms with E-state index < -0.39 is 0 Å². The summed E-state index contributed by atoms with van der Waals surface area (Å²) >= 11 is 0. The van der Waals surface area contributed by atoms with Crippen LogP contribution < -0.4 is 5.73 Å². The van der Waals surface area contributed by atoms with Crippen molar-refractivity contribution in [3.63, 3.8) is 0 Å². The largest absolute Gasteiger partial charge is 0.384 e. The molecule has 0 amide bonds. The summed E-state index contributed by atoms with van der Waals surface area (Å²) in [7, 11) is 0. The van der Waals surface area contributed by atoms with Gasteiger partial charge in [0.15, 0.2) is 0 Å². The van der Waals surface area contributed by atoms with Crippen molar-refractivity contribution in [1.29, 1.82) is 5.41 Å². The number of benzene rings is 1. The van der Waals surface area contributed by atoms with Crippen LogP contribution in [0.4, 0.5) is 0 Å². The Kier molecular flexibility index (Phi) is 7.03. The highest BCUT2D eigenvalue weighted by atomic mass is 14.7. The van der Waals surface area contributed by atoms with Crippen LogP contribution in [0.2, 0.25) is 0 Å². The van der Waals surface area contributed by atoms with E-state index in [9.17, 15) is 0 Å². The standard InChI is InChI=1S/C10H12.C7H10N2/c1-2-3-7-10-8-5-4-6-9-10;8-7(9)6-4-2-1-3-5-6/h2-6,8-9H,7H2,1H3;1-2,4H,3,5H2,(H3,8,9)/b3-2+;. The third-order valence-corrected chi connectivity index (χ3v) is 2.79. The van der Waals surface area contributed by atoms with Gasteiger partial charge in [0.05, 0.1) is 0 Å². The van der Waals surface area contributed by atoms with E-state index in [1.165, 1.54) is 5.56 Å². The van der Waals surface area contributed by atoms with Crippen molar-refractivity contribution in [2.24, 2.45) is 5.73 Å². The van der Waals surface area contributed by atoms with Gasteiger partial charge in [0.25, 0.3) is 0 Å². The lowest BCUT2D eigenvalue weighted by Gasteiger charge is -2.04. The molecule has 2 nitrogen and oxygen atoms in total. The number of hydrogen-bond acceptors (Lipinski definition) is 1. The molecule has 1 aromatic carbocycles. The smallest absolute Gasteiger partial charge is 0.118 e. The monoisotopic (exact) mass is 254 g/mol. The number of nitrogens with two attached hydrogens (primary N) is 1. The molecular weight excluding hydrogens is 232 g/mol. The lowest BCUT2D eigenvalue weighted by Crippen LogP contribution is -2.13. The van der Waals surface area contributed by atoms with Gasteiger partial charge in [0.1, 0.15) is 5.84 Å². The van der Waals surface area contributed by atoms with Crippen LogP contribution in [-0.2, 0) is 6.42 Å². The van der Waals surface area contributed by atoms with Crippen molar-refractivity contribution in [1.82, 2.24) is 0 Å². The molecule has 0 bridgehead atoms. The lowest BCUT2D eigenvalue weighted by atomic mass is 10.0. The Hall–Kier alpha value is -2.09. The van der Waals surface area contributed by atoms with Gasteiger partial charge in [-0.1, -0.05) is 60.7 Å². The summed E-state index contributed by atoms with van der Waals surface area (Å²) in [6.07, 6.45) is 13.1. The normalized spacial score (nSPS) is 13.6. The van der Waals surface area contributed by atoms with Gasteiger partial charge >= 0.3 is 0 Å². The second-order valence-corrected chi connectivity index (χ2v) is 4.33. The van der Waals surface area contributed by atoms with Crippen LogP contribution in [0.15, 0.2) is 66.3 Å². The molecule has 0 saturated carbocycles. The van der Waals surface area contributed by atoms with Crippen LogP contribution in [0.1, 0.15) is 25.3 Å². The van der Waals surface area contributed by atoms with E-state index in [-0.39, 0.29) is 5.84 Å². The maximum absolute atomic E-state index is 7.06. The zero-order chi connectivity index (χ0) is 13.9. The van der Waals surface area contributed by atoms with Crippen LogP contribution in [0.25, 0.3) is 0 Å². The minimum absolute atomic E-state index is 0.208. The first kappa shape index (κ1) is 15.0. The topological polar surface area (TPSA) is 49.9 Å². The molecule has 3 N–H and O–H groups in total. The molecule has 0 radical (unpaired) electrons. The summed E-state index contributed by atoms with van der Waals surface area (Å²) in [5, 5.41) is 7.06. The van der Waals surface area contributed by atoms with Gasteiger partial charge in [-0.05, 0) is 37.3 Å². The van der Waals surface area contributed by atoms with E-state index in [1.807, 2.05) is 25.1 Å². The number of nitrogens with one attached hydrogen (secondary N) is 1. The SMILES string of the molecule is C/C=C/Cc1ccccc1.N=C(N)C1=CC=CCC1. The molecule has 0 atom stereocenters. The van der Waals surface area contributed by atoms with Gasteiger partial charge in [-0.3, -0.25) is 5.41 Å². The molecule has 2 heteroatoms. The fourth-order valence-corrected chi connectivity index (χ4v) is 1.70. The average Bonchev–Trinajstić information content (AvgIpc) is 2.48. The highest BCUT2D eigenvalue weighted by molar-refractivity contribution is 5.94. The van der Waals surface area contributed by atoms with Crippen LogP contribution >= 0.6 is 0 Å². The van der Waals surface area contributed by atoms with E-state index >= 15 is 0 Å². The van der Waals surface area contributed by atoms with E-state index in [4.69, 9.17) is 11.1 Å². The van der Waals surface area contributed by atoms with Crippen molar-refractivity contribution >= 4 is 5.84 Å². The van der Waals surface area contributed by atoms with Crippen molar-refractivity contribution in [2.45, 2.75) is 26.2 Å². The molecule has 19 heavy (non-hydrogen) atoms. The first-order valence-electron chi connectivity index (χ1n) is 6.59. The summed E-state index contributed by atoms with van der Waals surface area (Å²) in [6.45, 7) is 2.04. The second-order valence-electron chi connectivity index (χ2n) is 4.33. The molecule has 1 aliphatic carbocycles. The van der Waals surface area contributed by atoms with Gasteiger partial charge in [-0.15, -0.1) is 0 Å². The number of allylic oxidation sites excluding steroid dienone is 5. The van der Waals surface area contributed by atoms with E-state index in [0.717, 1.165) is 24.8 Å². The Morgan fingerprint density at radius 1 is 1.32 bits per heavy atom. The minimum atomic E-state index is 0.208. The molecule has 0 aliphatic heterocycles. The molecule has 0 saturated heterocycles. The molecule has 0 fully saturated rings. The third-order valence-electron chi connectivity index (χ3n) is 2.79. The molecule has 0 heterocycles. The van der Waals surface area contributed by atoms with Gasteiger partial charge < -0.3 is 5.73 Å². The average molecular weight is 254 g/mol. The van der Waals surface area contributed by atoms with Gasteiger partial charge in [0.2, 0.25) is 0 Å². The summed E-state index contributed by atoms with van der Waals surface area (Å²) in [6, 6.07) is 10.5. The Morgan fingerprint density at radius 3 is 2.53 bits per heavy atom. The minimum Gasteiger partial charge on any atom is -0.384 e. The van der Waals surface area contributed by atoms with E-state index in [2.05, 4.69) is 42.5 Å². The zero-order valence-corrected chi connectivity index (χ0v) is 11.5. The quantitative estimate of drug-likeness (QED) is 0.478. The van der Waals surface area contributed by atoms with Crippen LogP contribution in [0.3, 0.4) is 0 Å². The second kappa shape index (κ2) is 8.92. The number of hydrogen-bond donors (Lipinski definition) is 2. The predicted octanol–water partition coefficient (Wildman–Crippen LogP) is 4.00. The Bertz CT molecular complexity index is 467. The summed E-state index contributed by atoms with van der Waals surface area (Å²) in [5.74, 6) is 0.208. The maximum Gasteiger partial charge on any atom is 0.118 e. The highest BCUT2D eigenvalue weighted by Gasteiger charge is 2.00. The van der Waals surface area contributed by atoms with Crippen molar-refractivity contribution < 1.29 is 0 Å². The first-order chi connectivity index (χ1) is 9.24. The van der Waals surface area contributed by atoms with Crippen LogP contribution in [0, 0.1) is 5.41 Å². The summed E-state index contributed by atoms with van der Waals surface area (Å²) in [5.41, 5.74) is 7.58. The van der Waals surface area contributed by atoms with Gasteiger partial charge in [-0.2, -0.15) is 0 Å². The Morgan fingerprint density at radius 2 is 2.05 bits per heavy atom. The molecular formula is C17H22N2. The highest BCUT2D eigenvalue weighted by Crippen LogP contribution is 2.10. The fraction of sp³-hybridized carbons (Fsp3) is 0.235. The Labute approximate surface area is 115 Å². The van der Waals surface area contributed by atoms with Crippen molar-refractivity contribution in [2.75, 3.05) is 0 Å². The predicted molar refractivity (Wildman–Crippen MR) is 83.3 cm³/mol. The molecule has 2 rings (SSSR count). The van der Waals surface area contributed by atoms with E-state index in [1.54, 1.807) is 0 Å². The van der Waals surface area contributed by atoms with Gasteiger partial charge in [-0.25, -0.2) is 0 Å². The Balaban J connectivity index is 0.000000191. The van der Waals surface area contributed by atoms with Crippen molar-refractivity contribution in [3.8, 4) is 0 Å². The summed E-state index contributed by atoms with van der Waals surface area (Å²) < 4.78 is 0. The fourth-order valence-electron chi connectivity index (χ4n) is 1.70. The maximum atomic E-state index is 7.06. The zero-order valence-electron chi connectivity index (χ0n) is 11.5. The number of rotatable bonds is 3. The molecule has 0 unspecified atom stereocenters.